The van der Waals surface area contributed by atoms with Crippen LogP contribution in [0, 0.1) is 5.92 Å². The van der Waals surface area contributed by atoms with E-state index in [-0.39, 0.29) is 5.91 Å². The summed E-state index contributed by atoms with van der Waals surface area (Å²) in [7, 11) is 0. The predicted octanol–water partition coefficient (Wildman–Crippen LogP) is 5.50. The van der Waals surface area contributed by atoms with Crippen molar-refractivity contribution >= 4 is 43.5 Å². The quantitative estimate of drug-likeness (QED) is 0.685. The molecule has 0 atom stereocenters. The number of ether oxygens (including phenoxy) is 1. The molecule has 0 fully saturated rings. The van der Waals surface area contributed by atoms with Crippen LogP contribution in [0.25, 0.3) is 0 Å². The van der Waals surface area contributed by atoms with Crippen LogP contribution in [0.5, 0.6) is 5.75 Å². The van der Waals surface area contributed by atoms with Crippen LogP contribution in [0.1, 0.15) is 24.2 Å². The van der Waals surface area contributed by atoms with Crippen molar-refractivity contribution in [3.63, 3.8) is 0 Å². The molecule has 0 bridgehead atoms. The van der Waals surface area contributed by atoms with Crippen LogP contribution in [0.2, 0.25) is 0 Å². The third-order valence-corrected chi connectivity index (χ3v) is 4.07. The fraction of sp³-hybridized carbons (Fsp3) is 0.235. The normalized spacial score (nSPS) is 10.6. The van der Waals surface area contributed by atoms with Crippen molar-refractivity contribution in [3.8, 4) is 5.75 Å². The van der Waals surface area contributed by atoms with Crippen LogP contribution in [-0.4, -0.2) is 12.5 Å². The first-order valence-electron chi connectivity index (χ1n) is 6.95. The molecule has 0 aliphatic rings. The van der Waals surface area contributed by atoms with Gasteiger partial charge in [-0.3, -0.25) is 4.79 Å². The number of halogens is 2. The van der Waals surface area contributed by atoms with E-state index in [2.05, 4.69) is 51.0 Å². The van der Waals surface area contributed by atoms with Crippen molar-refractivity contribution in [1.29, 1.82) is 0 Å². The van der Waals surface area contributed by atoms with E-state index in [1.807, 2.05) is 30.3 Å². The highest BCUT2D eigenvalue weighted by molar-refractivity contribution is 9.10. The highest BCUT2D eigenvalue weighted by Gasteiger charge is 2.15. The maximum absolute atomic E-state index is 12.6. The number of para-hydroxylation sites is 1. The minimum absolute atomic E-state index is 0.202. The molecule has 2 rings (SSSR count). The number of amides is 1. The van der Waals surface area contributed by atoms with Crippen LogP contribution in [-0.2, 0) is 0 Å². The number of carbonyl (C=O) groups is 1. The van der Waals surface area contributed by atoms with E-state index in [1.165, 1.54) is 0 Å². The van der Waals surface area contributed by atoms with Gasteiger partial charge in [0.25, 0.3) is 5.91 Å². The van der Waals surface area contributed by atoms with E-state index in [9.17, 15) is 4.79 Å². The summed E-state index contributed by atoms with van der Waals surface area (Å²) in [5.74, 6) is 0.774. The molecule has 3 nitrogen and oxygen atoms in total. The first-order valence-corrected chi connectivity index (χ1v) is 8.54. The summed E-state index contributed by atoms with van der Waals surface area (Å²) in [5, 5.41) is 2.90. The van der Waals surface area contributed by atoms with Gasteiger partial charge < -0.3 is 10.1 Å². The maximum atomic E-state index is 12.6. The molecule has 0 spiro atoms. The smallest absolute Gasteiger partial charge is 0.259 e. The van der Waals surface area contributed by atoms with Crippen molar-refractivity contribution in [2.75, 3.05) is 11.9 Å². The number of hydrogen-bond donors (Lipinski definition) is 1. The zero-order valence-corrected chi connectivity index (χ0v) is 15.6. The molecule has 1 N–H and O–H groups in total. The zero-order chi connectivity index (χ0) is 16.1. The van der Waals surface area contributed by atoms with Gasteiger partial charge in [-0.1, -0.05) is 41.9 Å². The lowest BCUT2D eigenvalue weighted by Gasteiger charge is -2.14. The maximum Gasteiger partial charge on any atom is 0.259 e. The van der Waals surface area contributed by atoms with E-state index in [0.717, 1.165) is 14.6 Å². The average molecular weight is 427 g/mol. The van der Waals surface area contributed by atoms with Crippen LogP contribution in [0.3, 0.4) is 0 Å². The molecule has 5 heteroatoms. The largest absolute Gasteiger partial charge is 0.492 e. The number of rotatable bonds is 5. The molecule has 0 saturated carbocycles. The molecular formula is C17H17Br2NO2. The second kappa shape index (κ2) is 7.79. The van der Waals surface area contributed by atoms with Gasteiger partial charge in [-0.05, 0) is 52.2 Å². The molecule has 0 aliphatic carbocycles. The summed E-state index contributed by atoms with van der Waals surface area (Å²) >= 11 is 6.82. The molecule has 2 aromatic carbocycles. The summed E-state index contributed by atoms with van der Waals surface area (Å²) < 4.78 is 7.42. The van der Waals surface area contributed by atoms with Crippen molar-refractivity contribution in [3.05, 3.63) is 57.0 Å². The van der Waals surface area contributed by atoms with Gasteiger partial charge in [-0.2, -0.15) is 0 Å². The zero-order valence-electron chi connectivity index (χ0n) is 12.4. The molecule has 0 aliphatic heterocycles. The Morgan fingerprint density at radius 1 is 1.18 bits per heavy atom. The van der Waals surface area contributed by atoms with Crippen molar-refractivity contribution in [2.45, 2.75) is 13.8 Å². The molecule has 0 heterocycles. The first kappa shape index (κ1) is 17.0. The second-order valence-corrected chi connectivity index (χ2v) is 7.05. The molecule has 2 aromatic rings. The molecule has 1 amide bonds. The lowest BCUT2D eigenvalue weighted by molar-refractivity contribution is 0.102. The number of anilines is 1. The van der Waals surface area contributed by atoms with E-state index in [1.54, 1.807) is 12.1 Å². The fourth-order valence-corrected chi connectivity index (χ4v) is 2.56. The van der Waals surface area contributed by atoms with Gasteiger partial charge in [-0.15, -0.1) is 0 Å². The SMILES string of the molecule is CC(C)COc1ccc(Br)cc1C(=O)Nc1ccccc1Br. The third kappa shape index (κ3) is 4.58. The molecule has 22 heavy (non-hydrogen) atoms. The summed E-state index contributed by atoms with van der Waals surface area (Å²) in [6, 6.07) is 12.9. The third-order valence-electron chi connectivity index (χ3n) is 2.88. The number of carbonyl (C=O) groups excluding carboxylic acids is 1. The molecule has 0 unspecified atom stereocenters. The summed E-state index contributed by atoms with van der Waals surface area (Å²) in [5.41, 5.74) is 1.23. The highest BCUT2D eigenvalue weighted by Crippen LogP contribution is 2.27. The van der Waals surface area contributed by atoms with Crippen molar-refractivity contribution in [1.82, 2.24) is 0 Å². The first-order chi connectivity index (χ1) is 10.5. The molecule has 0 aromatic heterocycles. The van der Waals surface area contributed by atoms with Gasteiger partial charge in [0.15, 0.2) is 0 Å². The van der Waals surface area contributed by atoms with Crippen LogP contribution in [0.15, 0.2) is 51.4 Å². The lowest BCUT2D eigenvalue weighted by Crippen LogP contribution is -2.15. The standard InChI is InChI=1S/C17H17Br2NO2/c1-11(2)10-22-16-8-7-12(18)9-13(16)17(21)20-15-6-4-3-5-14(15)19/h3-9,11H,10H2,1-2H3,(H,20,21). The minimum atomic E-state index is -0.202. The van der Waals surface area contributed by atoms with Crippen molar-refractivity contribution in [2.24, 2.45) is 5.92 Å². The number of nitrogens with one attached hydrogen (secondary N) is 1. The Balaban J connectivity index is 2.24. The molecule has 0 saturated heterocycles. The Hall–Kier alpha value is -1.33. The van der Waals surface area contributed by atoms with Gasteiger partial charge in [0, 0.05) is 8.95 Å². The number of hydrogen-bond acceptors (Lipinski definition) is 2. The molecular weight excluding hydrogens is 410 g/mol. The molecule has 0 radical (unpaired) electrons. The van der Waals surface area contributed by atoms with E-state index in [0.29, 0.717) is 23.8 Å². The topological polar surface area (TPSA) is 38.3 Å². The van der Waals surface area contributed by atoms with Gasteiger partial charge in [-0.25, -0.2) is 0 Å². The van der Waals surface area contributed by atoms with Crippen LogP contribution < -0.4 is 10.1 Å². The van der Waals surface area contributed by atoms with Gasteiger partial charge in [0.05, 0.1) is 17.9 Å². The summed E-state index contributed by atoms with van der Waals surface area (Å²) in [6.45, 7) is 4.70. The number of benzene rings is 2. The van der Waals surface area contributed by atoms with Gasteiger partial charge in [0.2, 0.25) is 0 Å². The van der Waals surface area contributed by atoms with Crippen LogP contribution >= 0.6 is 31.9 Å². The molecule has 116 valence electrons. The minimum Gasteiger partial charge on any atom is -0.492 e. The van der Waals surface area contributed by atoms with Gasteiger partial charge >= 0.3 is 0 Å². The second-order valence-electron chi connectivity index (χ2n) is 5.28. The highest BCUT2D eigenvalue weighted by atomic mass is 79.9. The average Bonchev–Trinajstić information content (AvgIpc) is 2.48. The van der Waals surface area contributed by atoms with E-state index >= 15 is 0 Å². The Labute approximate surface area is 147 Å². The van der Waals surface area contributed by atoms with Crippen molar-refractivity contribution < 1.29 is 9.53 Å². The lowest BCUT2D eigenvalue weighted by atomic mass is 10.1. The van der Waals surface area contributed by atoms with E-state index < -0.39 is 0 Å². The Morgan fingerprint density at radius 2 is 1.91 bits per heavy atom. The van der Waals surface area contributed by atoms with Gasteiger partial charge in [0.1, 0.15) is 5.75 Å². The predicted molar refractivity (Wildman–Crippen MR) is 96.6 cm³/mol. The Bertz CT molecular complexity index is 671. The Morgan fingerprint density at radius 3 is 2.59 bits per heavy atom. The fourth-order valence-electron chi connectivity index (χ4n) is 1.81. The van der Waals surface area contributed by atoms with Crippen LogP contribution in [0.4, 0.5) is 5.69 Å². The monoisotopic (exact) mass is 425 g/mol. The summed E-state index contributed by atoms with van der Waals surface area (Å²) in [4.78, 5) is 12.6. The van der Waals surface area contributed by atoms with E-state index in [4.69, 9.17) is 4.74 Å². The summed E-state index contributed by atoms with van der Waals surface area (Å²) in [6.07, 6.45) is 0. The Kier molecular flexibility index (Phi) is 6.03.